The van der Waals surface area contributed by atoms with Crippen LogP contribution in [0.1, 0.15) is 0 Å². The van der Waals surface area contributed by atoms with E-state index < -0.39 is 0 Å². The number of hydrogen-bond donors (Lipinski definition) is 0. The minimum atomic E-state index is 0.850. The Bertz CT molecular complexity index is 140. The summed E-state index contributed by atoms with van der Waals surface area (Å²) in [4.78, 5) is 2.34. The van der Waals surface area contributed by atoms with E-state index in [9.17, 15) is 0 Å². The molecule has 4 heteroatoms. The molecule has 0 aliphatic carbocycles. The molecule has 0 radical (unpaired) electrons. The van der Waals surface area contributed by atoms with Gasteiger partial charge in [0.05, 0.1) is 19.0 Å². The van der Waals surface area contributed by atoms with Crippen LogP contribution in [-0.2, 0) is 4.74 Å². The Morgan fingerprint density at radius 2 is 2.18 bits per heavy atom. The smallest absolute Gasteiger partial charge is 0.258 e. The fraction of sp³-hybridized carbons (Fsp3) is 0.857. The van der Waals surface area contributed by atoms with E-state index >= 15 is 0 Å². The van der Waals surface area contributed by atoms with E-state index in [1.54, 1.807) is 0 Å². The number of morpholine rings is 1. The average molecular weight is 172 g/mol. The quantitative estimate of drug-likeness (QED) is 0.357. The summed E-state index contributed by atoms with van der Waals surface area (Å²) in [6, 6.07) is 0. The van der Waals surface area contributed by atoms with Gasteiger partial charge >= 0.3 is 0 Å². The maximum atomic E-state index is 6.56. The maximum absolute atomic E-state index is 6.56. The first kappa shape index (κ1) is 8.85. The van der Waals surface area contributed by atoms with E-state index in [0.29, 0.717) is 0 Å². The Balaban J connectivity index is 2.01. The second-order valence-electron chi connectivity index (χ2n) is 2.38. The first-order valence-electron chi connectivity index (χ1n) is 3.72. The van der Waals surface area contributed by atoms with Crippen molar-refractivity contribution >= 4 is 11.9 Å². The van der Waals surface area contributed by atoms with E-state index in [-0.39, 0.29) is 0 Å². The van der Waals surface area contributed by atoms with Gasteiger partial charge in [-0.25, -0.2) is 10.8 Å². The third-order valence-corrected chi connectivity index (χ3v) is 2.16. The molecule has 1 aliphatic rings. The number of hydrogen-bond acceptors (Lipinski definition) is 3. The predicted octanol–water partition coefficient (Wildman–Crippen LogP) is 0.886. The second-order valence-corrected chi connectivity index (χ2v) is 3.23. The van der Waals surface area contributed by atoms with E-state index in [1.165, 1.54) is 11.9 Å². The first-order chi connectivity index (χ1) is 5.43. The van der Waals surface area contributed by atoms with Crippen molar-refractivity contribution in [1.29, 1.82) is 0 Å². The molecule has 1 aliphatic heterocycles. The lowest BCUT2D eigenvalue weighted by atomic mass is 10.4. The fourth-order valence-electron chi connectivity index (χ4n) is 1.04. The zero-order chi connectivity index (χ0) is 7.94. The van der Waals surface area contributed by atoms with Crippen molar-refractivity contribution in [3.8, 4) is 0 Å². The minimum absolute atomic E-state index is 0.850. The predicted molar refractivity (Wildman–Crippen MR) is 46.3 cm³/mol. The normalized spacial score (nSPS) is 19.5. The number of ether oxygens (including phenoxy) is 1. The van der Waals surface area contributed by atoms with Gasteiger partial charge in [0, 0.05) is 19.6 Å². The van der Waals surface area contributed by atoms with Gasteiger partial charge in [-0.05, 0) is 0 Å². The van der Waals surface area contributed by atoms with Gasteiger partial charge < -0.3 is 4.74 Å². The molecule has 1 rings (SSSR count). The molecule has 1 fully saturated rings. The standard InChI is InChI=1S/C7H12N2OS/c1-8-11-7-4-9-2-5-10-6-3-9/h2-7H2. The molecule has 0 amide bonds. The molecule has 0 spiro atoms. The van der Waals surface area contributed by atoms with Gasteiger partial charge in [-0.15, -0.1) is 0 Å². The molecule has 0 aromatic rings. The molecule has 0 bridgehead atoms. The molecule has 62 valence electrons. The summed E-state index contributed by atoms with van der Waals surface area (Å²) in [5.74, 6) is 0.920. The highest BCUT2D eigenvalue weighted by molar-refractivity contribution is 8.01. The average Bonchev–Trinajstić information content (AvgIpc) is 2.07. The van der Waals surface area contributed by atoms with E-state index in [4.69, 9.17) is 11.3 Å². The molecule has 0 aromatic carbocycles. The molecule has 1 saturated heterocycles. The van der Waals surface area contributed by atoms with Crippen molar-refractivity contribution in [2.75, 3.05) is 38.6 Å². The van der Waals surface area contributed by atoms with Crippen molar-refractivity contribution in [2.24, 2.45) is 0 Å². The Morgan fingerprint density at radius 3 is 2.82 bits per heavy atom. The molecule has 0 aromatic heterocycles. The number of nitrogens with zero attached hydrogens (tertiary/aromatic N) is 2. The Hall–Kier alpha value is -0.240. The lowest BCUT2D eigenvalue weighted by Gasteiger charge is -2.25. The zero-order valence-corrected chi connectivity index (χ0v) is 7.27. The van der Waals surface area contributed by atoms with Crippen LogP contribution in [-0.4, -0.2) is 43.5 Å². The van der Waals surface area contributed by atoms with Crippen LogP contribution in [0.4, 0.5) is 0 Å². The summed E-state index contributed by atoms with van der Waals surface area (Å²) in [5.41, 5.74) is 0. The van der Waals surface area contributed by atoms with Crippen LogP contribution in [0.5, 0.6) is 0 Å². The van der Waals surface area contributed by atoms with Gasteiger partial charge in [0.1, 0.15) is 0 Å². The van der Waals surface area contributed by atoms with Crippen LogP contribution in [0.15, 0.2) is 0 Å². The van der Waals surface area contributed by atoms with Gasteiger partial charge in [-0.3, -0.25) is 4.90 Å². The monoisotopic (exact) mass is 172 g/mol. The molecule has 1 heterocycles. The van der Waals surface area contributed by atoms with Crippen LogP contribution in [0.3, 0.4) is 0 Å². The Labute approximate surface area is 71.7 Å². The van der Waals surface area contributed by atoms with Gasteiger partial charge in [0.2, 0.25) is 0 Å². The molecule has 0 atom stereocenters. The van der Waals surface area contributed by atoms with Crippen LogP contribution in [0, 0.1) is 6.57 Å². The summed E-state index contributed by atoms with van der Waals surface area (Å²) >= 11 is 1.31. The summed E-state index contributed by atoms with van der Waals surface area (Å²) in [6.07, 6.45) is 0. The Kier molecular flexibility index (Phi) is 4.36. The van der Waals surface area contributed by atoms with E-state index in [2.05, 4.69) is 9.15 Å². The molecular formula is C7H12N2OS. The lowest BCUT2D eigenvalue weighted by molar-refractivity contribution is 0.0410. The van der Waals surface area contributed by atoms with E-state index in [0.717, 1.165) is 38.6 Å². The minimum Gasteiger partial charge on any atom is -0.379 e. The van der Waals surface area contributed by atoms with Gasteiger partial charge in [-0.2, -0.15) is 0 Å². The van der Waals surface area contributed by atoms with Crippen molar-refractivity contribution in [3.05, 3.63) is 10.8 Å². The largest absolute Gasteiger partial charge is 0.379 e. The van der Waals surface area contributed by atoms with Crippen LogP contribution in [0.2, 0.25) is 0 Å². The summed E-state index contributed by atoms with van der Waals surface area (Å²) in [5, 5.41) is 0. The second kappa shape index (κ2) is 5.42. The fourth-order valence-corrected chi connectivity index (χ4v) is 1.47. The molecule has 3 nitrogen and oxygen atoms in total. The summed E-state index contributed by atoms with van der Waals surface area (Å²) < 4.78 is 8.43. The van der Waals surface area contributed by atoms with E-state index in [1.807, 2.05) is 0 Å². The van der Waals surface area contributed by atoms with Gasteiger partial charge in [-0.1, -0.05) is 0 Å². The summed E-state index contributed by atoms with van der Waals surface area (Å²) in [7, 11) is 0. The zero-order valence-electron chi connectivity index (χ0n) is 6.45. The van der Waals surface area contributed by atoms with Crippen molar-refractivity contribution in [1.82, 2.24) is 4.90 Å². The summed E-state index contributed by atoms with van der Waals surface area (Å²) in [6.45, 7) is 11.3. The highest BCUT2D eigenvalue weighted by atomic mass is 32.2. The lowest BCUT2D eigenvalue weighted by Crippen LogP contribution is -2.37. The first-order valence-corrected chi connectivity index (χ1v) is 4.66. The van der Waals surface area contributed by atoms with Gasteiger partial charge in [0.25, 0.3) is 11.9 Å². The van der Waals surface area contributed by atoms with Gasteiger partial charge in [0.15, 0.2) is 0 Å². The highest BCUT2D eigenvalue weighted by Crippen LogP contribution is 2.03. The SMILES string of the molecule is [C-]#[N+]SCCN1CCOCC1. The third kappa shape index (κ3) is 3.61. The molecule has 0 saturated carbocycles. The topological polar surface area (TPSA) is 16.8 Å². The van der Waals surface area contributed by atoms with Crippen LogP contribution < -0.4 is 0 Å². The van der Waals surface area contributed by atoms with Crippen LogP contribution >= 0.6 is 11.9 Å². The van der Waals surface area contributed by atoms with Crippen molar-refractivity contribution < 1.29 is 4.74 Å². The van der Waals surface area contributed by atoms with Crippen LogP contribution in [0.25, 0.3) is 4.25 Å². The maximum Gasteiger partial charge on any atom is 0.258 e. The number of rotatable bonds is 3. The van der Waals surface area contributed by atoms with Crippen molar-refractivity contribution in [2.45, 2.75) is 0 Å². The Morgan fingerprint density at radius 1 is 1.45 bits per heavy atom. The van der Waals surface area contributed by atoms with Crippen molar-refractivity contribution in [3.63, 3.8) is 0 Å². The highest BCUT2D eigenvalue weighted by Gasteiger charge is 2.09. The molecule has 11 heavy (non-hydrogen) atoms. The third-order valence-electron chi connectivity index (χ3n) is 1.67. The molecule has 0 N–H and O–H groups in total. The molecular weight excluding hydrogens is 160 g/mol. The molecule has 0 unspecified atom stereocenters.